The monoisotopic (exact) mass is 406 g/mol. The molecule has 1 aliphatic rings. The lowest BCUT2D eigenvalue weighted by Gasteiger charge is -2.08. The summed E-state index contributed by atoms with van der Waals surface area (Å²) in [5.74, 6) is 0.983. The van der Waals surface area contributed by atoms with Gasteiger partial charge in [-0.3, -0.25) is 9.59 Å². The Kier molecular flexibility index (Phi) is 7.66. The molecule has 0 unspecified atom stereocenters. The van der Waals surface area contributed by atoms with Crippen LogP contribution in [0.3, 0.4) is 0 Å². The van der Waals surface area contributed by atoms with Gasteiger partial charge in [0, 0.05) is 18.7 Å². The quantitative estimate of drug-likeness (QED) is 0.589. The van der Waals surface area contributed by atoms with E-state index in [2.05, 4.69) is 36.6 Å². The fourth-order valence-corrected chi connectivity index (χ4v) is 2.95. The van der Waals surface area contributed by atoms with Gasteiger partial charge in [0.05, 0.1) is 0 Å². The molecule has 2 N–H and O–H groups in total. The largest absolute Gasteiger partial charge is 0.484 e. The van der Waals surface area contributed by atoms with Crippen LogP contribution in [0, 0.1) is 0 Å². The van der Waals surface area contributed by atoms with Gasteiger partial charge in [0.15, 0.2) is 6.61 Å². The minimum Gasteiger partial charge on any atom is -0.484 e. The Balaban J connectivity index is 1.35. The van der Waals surface area contributed by atoms with Crippen molar-refractivity contribution in [2.75, 3.05) is 13.2 Å². The van der Waals surface area contributed by atoms with Gasteiger partial charge >= 0.3 is 0 Å². The molecule has 0 bridgehead atoms. The maximum atomic E-state index is 12.0. The van der Waals surface area contributed by atoms with E-state index in [4.69, 9.17) is 4.74 Å². The molecule has 5 nitrogen and oxygen atoms in total. The average Bonchev–Trinajstić information content (AvgIpc) is 3.56. The first kappa shape index (κ1) is 21.6. The lowest BCUT2D eigenvalue weighted by Crippen LogP contribution is -2.30. The molecule has 5 heteroatoms. The summed E-state index contributed by atoms with van der Waals surface area (Å²) in [5.41, 5.74) is 3.39. The van der Waals surface area contributed by atoms with Crippen molar-refractivity contribution in [1.82, 2.24) is 10.6 Å². The number of carbonyl (C=O) groups is 2. The summed E-state index contributed by atoms with van der Waals surface area (Å²) in [4.78, 5) is 23.7. The molecule has 0 radical (unpaired) electrons. The van der Waals surface area contributed by atoms with Crippen molar-refractivity contribution >= 4 is 17.9 Å². The van der Waals surface area contributed by atoms with Crippen molar-refractivity contribution in [3.63, 3.8) is 0 Å². The van der Waals surface area contributed by atoms with E-state index in [1.807, 2.05) is 42.5 Å². The number of hydrogen-bond acceptors (Lipinski definition) is 3. The number of rotatable bonds is 10. The smallest absolute Gasteiger partial charge is 0.258 e. The first-order valence-corrected chi connectivity index (χ1v) is 10.6. The predicted octanol–water partition coefficient (Wildman–Crippen LogP) is 3.84. The molecule has 0 aromatic heterocycles. The second-order valence-electron chi connectivity index (χ2n) is 7.97. The van der Waals surface area contributed by atoms with Gasteiger partial charge in [0.1, 0.15) is 5.75 Å². The van der Waals surface area contributed by atoms with Crippen LogP contribution in [0.2, 0.25) is 0 Å². The van der Waals surface area contributed by atoms with Gasteiger partial charge in [-0.1, -0.05) is 50.2 Å². The fraction of sp³-hybridized carbons (Fsp3) is 0.360. The molecule has 1 aliphatic carbocycles. The van der Waals surface area contributed by atoms with Crippen molar-refractivity contribution < 1.29 is 14.3 Å². The number of ether oxygens (including phenoxy) is 1. The fourth-order valence-electron chi connectivity index (χ4n) is 2.95. The maximum Gasteiger partial charge on any atom is 0.258 e. The van der Waals surface area contributed by atoms with Crippen molar-refractivity contribution in [1.29, 1.82) is 0 Å². The van der Waals surface area contributed by atoms with Gasteiger partial charge in [0.2, 0.25) is 5.91 Å². The van der Waals surface area contributed by atoms with Crippen LogP contribution >= 0.6 is 0 Å². The van der Waals surface area contributed by atoms with E-state index in [9.17, 15) is 9.59 Å². The summed E-state index contributed by atoms with van der Waals surface area (Å²) in [6.07, 6.45) is 6.25. The highest BCUT2D eigenvalue weighted by Gasteiger charge is 2.23. The van der Waals surface area contributed by atoms with Crippen LogP contribution in [0.1, 0.15) is 49.3 Å². The molecular weight excluding hydrogens is 376 g/mol. The van der Waals surface area contributed by atoms with Crippen molar-refractivity contribution in [2.24, 2.45) is 0 Å². The summed E-state index contributed by atoms with van der Waals surface area (Å²) in [7, 11) is 0. The Morgan fingerprint density at radius 2 is 1.77 bits per heavy atom. The number of carbonyl (C=O) groups excluding carboxylic acids is 2. The molecule has 0 spiro atoms. The normalized spacial score (nSPS) is 13.4. The second-order valence-corrected chi connectivity index (χ2v) is 7.97. The Morgan fingerprint density at radius 3 is 2.40 bits per heavy atom. The third-order valence-electron chi connectivity index (χ3n) is 4.98. The lowest BCUT2D eigenvalue weighted by atomic mass is 10.0. The highest BCUT2D eigenvalue weighted by atomic mass is 16.5. The van der Waals surface area contributed by atoms with Crippen molar-refractivity contribution in [3.8, 4) is 5.75 Å². The van der Waals surface area contributed by atoms with Gasteiger partial charge in [0.25, 0.3) is 5.91 Å². The standard InChI is InChI=1S/C25H30N2O3/c1-18(2)21-8-3-19(4-9-21)7-14-24(28)26-16-15-20-5-12-23(13-6-20)30-17-25(29)27-22-10-11-22/h3-9,12-14,18,22H,10-11,15-17H2,1-2H3,(H,26,28)(H,27,29)/b14-7+. The Bertz CT molecular complexity index is 866. The van der Waals surface area contributed by atoms with E-state index in [-0.39, 0.29) is 18.4 Å². The highest BCUT2D eigenvalue weighted by Crippen LogP contribution is 2.18. The molecule has 158 valence electrons. The summed E-state index contributed by atoms with van der Waals surface area (Å²) in [5, 5.41) is 5.79. The van der Waals surface area contributed by atoms with E-state index >= 15 is 0 Å². The van der Waals surface area contributed by atoms with Crippen LogP contribution in [0.15, 0.2) is 54.6 Å². The molecule has 0 atom stereocenters. The first-order valence-electron chi connectivity index (χ1n) is 10.6. The highest BCUT2D eigenvalue weighted by molar-refractivity contribution is 5.91. The third-order valence-corrected chi connectivity index (χ3v) is 4.98. The zero-order chi connectivity index (χ0) is 21.3. The van der Waals surface area contributed by atoms with Crippen molar-refractivity contribution in [2.45, 2.75) is 45.1 Å². The number of hydrogen-bond donors (Lipinski definition) is 2. The Hall–Kier alpha value is -3.08. The molecule has 1 saturated carbocycles. The lowest BCUT2D eigenvalue weighted by molar-refractivity contribution is -0.123. The summed E-state index contributed by atoms with van der Waals surface area (Å²) >= 11 is 0. The van der Waals surface area contributed by atoms with Crippen LogP contribution < -0.4 is 15.4 Å². The van der Waals surface area contributed by atoms with E-state index in [0.29, 0.717) is 24.3 Å². The van der Waals surface area contributed by atoms with Crippen molar-refractivity contribution in [3.05, 3.63) is 71.3 Å². The molecule has 2 aromatic rings. The second kappa shape index (κ2) is 10.6. The maximum absolute atomic E-state index is 12.0. The Labute approximate surface area is 178 Å². The SMILES string of the molecule is CC(C)c1ccc(/C=C/C(=O)NCCc2ccc(OCC(=O)NC3CC3)cc2)cc1. The van der Waals surface area contributed by atoms with Gasteiger partial charge in [-0.2, -0.15) is 0 Å². The van der Waals surface area contributed by atoms with Crippen LogP contribution in [-0.2, 0) is 16.0 Å². The van der Waals surface area contributed by atoms with E-state index in [1.54, 1.807) is 6.08 Å². The van der Waals surface area contributed by atoms with Gasteiger partial charge in [-0.25, -0.2) is 0 Å². The predicted molar refractivity (Wildman–Crippen MR) is 119 cm³/mol. The molecule has 2 aromatic carbocycles. The van der Waals surface area contributed by atoms with E-state index in [0.717, 1.165) is 30.4 Å². The molecular formula is C25H30N2O3. The van der Waals surface area contributed by atoms with Gasteiger partial charge in [-0.05, 0) is 60.1 Å². The number of nitrogens with one attached hydrogen (secondary N) is 2. The topological polar surface area (TPSA) is 67.4 Å². The summed E-state index contributed by atoms with van der Waals surface area (Å²) < 4.78 is 5.50. The zero-order valence-electron chi connectivity index (χ0n) is 17.7. The molecule has 0 aliphatic heterocycles. The number of benzene rings is 2. The summed E-state index contributed by atoms with van der Waals surface area (Å²) in [6.45, 7) is 4.92. The van der Waals surface area contributed by atoms with Crippen LogP contribution in [0.25, 0.3) is 6.08 Å². The van der Waals surface area contributed by atoms with E-state index in [1.165, 1.54) is 5.56 Å². The van der Waals surface area contributed by atoms with Crippen LogP contribution in [0.5, 0.6) is 5.75 Å². The third kappa shape index (κ3) is 7.39. The van der Waals surface area contributed by atoms with Gasteiger partial charge < -0.3 is 15.4 Å². The van der Waals surface area contributed by atoms with Crippen LogP contribution in [-0.4, -0.2) is 31.0 Å². The molecule has 2 amide bonds. The average molecular weight is 407 g/mol. The minimum atomic E-state index is -0.107. The molecule has 1 fully saturated rings. The minimum absolute atomic E-state index is 0.0401. The Morgan fingerprint density at radius 1 is 1.07 bits per heavy atom. The zero-order valence-corrected chi connectivity index (χ0v) is 17.7. The molecule has 0 heterocycles. The van der Waals surface area contributed by atoms with E-state index < -0.39 is 0 Å². The number of amides is 2. The first-order chi connectivity index (χ1) is 14.5. The molecule has 30 heavy (non-hydrogen) atoms. The molecule has 0 saturated heterocycles. The molecule has 3 rings (SSSR count). The van der Waals surface area contributed by atoms with Crippen LogP contribution in [0.4, 0.5) is 0 Å². The summed E-state index contributed by atoms with van der Waals surface area (Å²) in [6, 6.07) is 16.2. The van der Waals surface area contributed by atoms with Gasteiger partial charge in [-0.15, -0.1) is 0 Å².